The topological polar surface area (TPSA) is 30.5 Å². The zero-order valence-corrected chi connectivity index (χ0v) is 16.8. The Morgan fingerprint density at radius 1 is 1.16 bits per heavy atom. The van der Waals surface area contributed by atoms with Gasteiger partial charge in [0.2, 0.25) is 0 Å². The van der Waals surface area contributed by atoms with Gasteiger partial charge in [-0.25, -0.2) is 0 Å². The van der Waals surface area contributed by atoms with Gasteiger partial charge in [0.1, 0.15) is 12.4 Å². The lowest BCUT2D eigenvalue weighted by Crippen LogP contribution is -2.26. The van der Waals surface area contributed by atoms with Crippen molar-refractivity contribution in [2.75, 3.05) is 13.2 Å². The van der Waals surface area contributed by atoms with E-state index < -0.39 is 0 Å². The molecule has 25 heavy (non-hydrogen) atoms. The Morgan fingerprint density at radius 2 is 2.04 bits per heavy atom. The first-order valence-corrected chi connectivity index (χ1v) is 9.84. The number of hydrogen-bond donors (Lipinski definition) is 1. The van der Waals surface area contributed by atoms with Crippen LogP contribution in [0.2, 0.25) is 10.0 Å². The Kier molecular flexibility index (Phi) is 7.02. The SMILES string of the molecule is Clc1ccc(COc2ccc(Br)cc2CNC[C@H]2CCCO2)cc1Cl. The summed E-state index contributed by atoms with van der Waals surface area (Å²) in [6.07, 6.45) is 2.61. The summed E-state index contributed by atoms with van der Waals surface area (Å²) >= 11 is 15.5. The van der Waals surface area contributed by atoms with Gasteiger partial charge in [-0.05, 0) is 48.7 Å². The fourth-order valence-corrected chi connectivity index (χ4v) is 3.52. The molecule has 1 fully saturated rings. The normalized spacial score (nSPS) is 17.0. The highest BCUT2D eigenvalue weighted by atomic mass is 79.9. The smallest absolute Gasteiger partial charge is 0.124 e. The molecule has 134 valence electrons. The van der Waals surface area contributed by atoms with Crippen LogP contribution in [-0.2, 0) is 17.9 Å². The minimum Gasteiger partial charge on any atom is -0.489 e. The fraction of sp³-hybridized carbons (Fsp3) is 0.368. The third kappa shape index (κ3) is 5.60. The number of hydrogen-bond acceptors (Lipinski definition) is 3. The molecule has 1 heterocycles. The molecular weight excluding hydrogens is 425 g/mol. The van der Waals surface area contributed by atoms with E-state index in [-0.39, 0.29) is 0 Å². The van der Waals surface area contributed by atoms with Crippen molar-refractivity contribution in [2.45, 2.75) is 32.1 Å². The standard InChI is InChI=1S/C19H20BrCl2NO2/c20-15-4-6-19(25-12-13-3-5-17(21)18(22)8-13)14(9-15)10-23-11-16-2-1-7-24-16/h3-6,8-9,16,23H,1-2,7,10-12H2/t16-/m1/s1. The maximum Gasteiger partial charge on any atom is 0.124 e. The lowest BCUT2D eigenvalue weighted by atomic mass is 10.2. The van der Waals surface area contributed by atoms with E-state index in [1.807, 2.05) is 24.3 Å². The van der Waals surface area contributed by atoms with Crippen molar-refractivity contribution in [3.8, 4) is 5.75 Å². The van der Waals surface area contributed by atoms with E-state index >= 15 is 0 Å². The van der Waals surface area contributed by atoms with Gasteiger partial charge in [0, 0.05) is 29.7 Å². The predicted octanol–water partition coefficient (Wildman–Crippen LogP) is 5.60. The van der Waals surface area contributed by atoms with E-state index in [0.29, 0.717) is 22.8 Å². The quantitative estimate of drug-likeness (QED) is 0.602. The van der Waals surface area contributed by atoms with E-state index in [4.69, 9.17) is 32.7 Å². The molecule has 0 bridgehead atoms. The van der Waals surface area contributed by atoms with E-state index in [9.17, 15) is 0 Å². The second-order valence-electron chi connectivity index (χ2n) is 6.06. The van der Waals surface area contributed by atoms with Gasteiger partial charge < -0.3 is 14.8 Å². The van der Waals surface area contributed by atoms with Crippen LogP contribution >= 0.6 is 39.1 Å². The molecule has 0 saturated carbocycles. The summed E-state index contributed by atoms with van der Waals surface area (Å²) in [6.45, 7) is 2.91. The molecule has 0 aliphatic carbocycles. The van der Waals surface area contributed by atoms with Crippen molar-refractivity contribution in [2.24, 2.45) is 0 Å². The maximum absolute atomic E-state index is 6.06. The number of nitrogens with one attached hydrogen (secondary N) is 1. The van der Waals surface area contributed by atoms with Crippen molar-refractivity contribution < 1.29 is 9.47 Å². The minimum atomic E-state index is 0.327. The average Bonchev–Trinajstić information content (AvgIpc) is 3.10. The van der Waals surface area contributed by atoms with Gasteiger partial charge in [-0.3, -0.25) is 0 Å². The molecule has 2 aromatic carbocycles. The molecule has 6 heteroatoms. The first-order chi connectivity index (χ1) is 12.1. The summed E-state index contributed by atoms with van der Waals surface area (Å²) < 4.78 is 12.7. The van der Waals surface area contributed by atoms with E-state index in [2.05, 4.69) is 27.3 Å². The summed E-state index contributed by atoms with van der Waals surface area (Å²) in [7, 11) is 0. The molecule has 1 N–H and O–H groups in total. The Balaban J connectivity index is 1.60. The lowest BCUT2D eigenvalue weighted by molar-refractivity contribution is 0.110. The van der Waals surface area contributed by atoms with E-state index in [1.165, 1.54) is 0 Å². The minimum absolute atomic E-state index is 0.327. The average molecular weight is 445 g/mol. The van der Waals surface area contributed by atoms with Crippen molar-refractivity contribution >= 4 is 39.1 Å². The molecule has 0 spiro atoms. The molecule has 1 aliphatic rings. The summed E-state index contributed by atoms with van der Waals surface area (Å²) in [5.74, 6) is 0.856. The van der Waals surface area contributed by atoms with Crippen molar-refractivity contribution in [3.05, 3.63) is 62.0 Å². The number of rotatable bonds is 7. The second kappa shape index (κ2) is 9.24. The Hall–Kier alpha value is -0.780. The molecule has 1 aliphatic heterocycles. The van der Waals surface area contributed by atoms with Gasteiger partial charge >= 0.3 is 0 Å². The van der Waals surface area contributed by atoms with Crippen molar-refractivity contribution in [1.29, 1.82) is 0 Å². The fourth-order valence-electron chi connectivity index (χ4n) is 2.79. The summed E-state index contributed by atoms with van der Waals surface area (Å²) in [5.41, 5.74) is 2.09. The molecule has 3 rings (SSSR count). The molecular formula is C19H20BrCl2NO2. The molecule has 0 amide bonds. The Morgan fingerprint density at radius 3 is 2.80 bits per heavy atom. The van der Waals surface area contributed by atoms with Gasteiger partial charge in [-0.2, -0.15) is 0 Å². The molecule has 3 nitrogen and oxygen atoms in total. The van der Waals surface area contributed by atoms with E-state index in [1.54, 1.807) is 6.07 Å². The van der Waals surface area contributed by atoms with Gasteiger partial charge in [-0.15, -0.1) is 0 Å². The van der Waals surface area contributed by atoms with Crippen LogP contribution < -0.4 is 10.1 Å². The first-order valence-electron chi connectivity index (χ1n) is 8.29. The Bertz CT molecular complexity index is 721. The van der Waals surface area contributed by atoms with Gasteiger partial charge in [0.05, 0.1) is 16.1 Å². The third-order valence-electron chi connectivity index (χ3n) is 4.11. The maximum atomic E-state index is 6.06. The molecule has 0 radical (unpaired) electrons. The predicted molar refractivity (Wildman–Crippen MR) is 106 cm³/mol. The second-order valence-corrected chi connectivity index (χ2v) is 7.79. The van der Waals surface area contributed by atoms with Crippen molar-refractivity contribution in [1.82, 2.24) is 5.32 Å². The van der Waals surface area contributed by atoms with Gasteiger partial charge in [-0.1, -0.05) is 45.2 Å². The first kappa shape index (κ1) is 19.0. The van der Waals surface area contributed by atoms with Crippen LogP contribution in [0.3, 0.4) is 0 Å². The van der Waals surface area contributed by atoms with Crippen LogP contribution in [0.5, 0.6) is 5.75 Å². The zero-order valence-electron chi connectivity index (χ0n) is 13.7. The van der Waals surface area contributed by atoms with Crippen LogP contribution in [0.4, 0.5) is 0 Å². The molecule has 0 unspecified atom stereocenters. The van der Waals surface area contributed by atoms with Gasteiger partial charge in [0.25, 0.3) is 0 Å². The van der Waals surface area contributed by atoms with Crippen LogP contribution in [-0.4, -0.2) is 19.3 Å². The number of ether oxygens (including phenoxy) is 2. The summed E-state index contributed by atoms with van der Waals surface area (Å²) in [6, 6.07) is 11.6. The summed E-state index contributed by atoms with van der Waals surface area (Å²) in [5, 5.41) is 4.55. The third-order valence-corrected chi connectivity index (χ3v) is 5.34. The monoisotopic (exact) mass is 443 g/mol. The zero-order chi connectivity index (χ0) is 17.6. The largest absolute Gasteiger partial charge is 0.489 e. The number of halogens is 3. The molecule has 2 aromatic rings. The molecule has 1 saturated heterocycles. The van der Waals surface area contributed by atoms with Crippen LogP contribution in [0.15, 0.2) is 40.9 Å². The highest BCUT2D eigenvalue weighted by molar-refractivity contribution is 9.10. The lowest BCUT2D eigenvalue weighted by Gasteiger charge is -2.15. The molecule has 0 aromatic heterocycles. The summed E-state index contributed by atoms with van der Waals surface area (Å²) in [4.78, 5) is 0. The highest BCUT2D eigenvalue weighted by Gasteiger charge is 2.15. The number of benzene rings is 2. The van der Waals surface area contributed by atoms with Gasteiger partial charge in [0.15, 0.2) is 0 Å². The van der Waals surface area contributed by atoms with Crippen LogP contribution in [0.25, 0.3) is 0 Å². The molecule has 1 atom stereocenters. The van der Waals surface area contributed by atoms with Crippen LogP contribution in [0, 0.1) is 0 Å². The van der Waals surface area contributed by atoms with E-state index in [0.717, 1.165) is 53.9 Å². The van der Waals surface area contributed by atoms with Crippen molar-refractivity contribution in [3.63, 3.8) is 0 Å². The highest BCUT2D eigenvalue weighted by Crippen LogP contribution is 2.26. The van der Waals surface area contributed by atoms with Crippen LogP contribution in [0.1, 0.15) is 24.0 Å². The Labute approximate surface area is 166 Å².